The summed E-state index contributed by atoms with van der Waals surface area (Å²) in [5.41, 5.74) is 0.361. The lowest BCUT2D eigenvalue weighted by atomic mass is 9.91. The van der Waals surface area contributed by atoms with Gasteiger partial charge in [-0.3, -0.25) is 4.79 Å². The van der Waals surface area contributed by atoms with Gasteiger partial charge >= 0.3 is 6.03 Å². The molecule has 21 heavy (non-hydrogen) atoms. The highest BCUT2D eigenvalue weighted by molar-refractivity contribution is 5.80. The molecule has 1 heterocycles. The quantitative estimate of drug-likeness (QED) is 0.848. The number of carbonyl (C=O) groups is 2. The molecule has 2 rings (SSSR count). The molecule has 0 aromatic carbocycles. The Morgan fingerprint density at radius 1 is 1.14 bits per heavy atom. The fourth-order valence-electron chi connectivity index (χ4n) is 3.49. The monoisotopic (exact) mass is 295 g/mol. The first-order valence-corrected chi connectivity index (χ1v) is 8.05. The van der Waals surface area contributed by atoms with Crippen LogP contribution in [0, 0.1) is 11.3 Å². The van der Waals surface area contributed by atoms with Crippen molar-refractivity contribution >= 4 is 11.9 Å². The van der Waals surface area contributed by atoms with Crippen molar-refractivity contribution in [2.45, 2.75) is 52.0 Å². The van der Waals surface area contributed by atoms with Gasteiger partial charge in [-0.15, -0.1) is 0 Å². The third-order valence-corrected chi connectivity index (χ3v) is 4.83. The average molecular weight is 295 g/mol. The van der Waals surface area contributed by atoms with Crippen LogP contribution in [-0.2, 0) is 4.79 Å². The van der Waals surface area contributed by atoms with E-state index in [9.17, 15) is 9.59 Å². The third-order valence-electron chi connectivity index (χ3n) is 4.83. The number of carbonyl (C=O) groups excluding carboxylic acids is 2. The van der Waals surface area contributed by atoms with Gasteiger partial charge in [0.15, 0.2) is 0 Å². The maximum atomic E-state index is 12.4. The zero-order chi connectivity index (χ0) is 15.6. The van der Waals surface area contributed by atoms with E-state index in [0.29, 0.717) is 24.5 Å². The Hall–Kier alpha value is -1.26. The highest BCUT2D eigenvalue weighted by Gasteiger charge is 2.34. The zero-order valence-corrected chi connectivity index (χ0v) is 13.8. The second-order valence-corrected chi connectivity index (χ2v) is 7.55. The first-order chi connectivity index (χ1) is 9.78. The highest BCUT2D eigenvalue weighted by Crippen LogP contribution is 2.37. The van der Waals surface area contributed by atoms with Crippen molar-refractivity contribution in [3.63, 3.8) is 0 Å². The van der Waals surface area contributed by atoms with E-state index in [-0.39, 0.29) is 17.9 Å². The lowest BCUT2D eigenvalue weighted by molar-refractivity contribution is -0.127. The summed E-state index contributed by atoms with van der Waals surface area (Å²) in [6, 6.07) is 0.389. The van der Waals surface area contributed by atoms with Gasteiger partial charge in [0.1, 0.15) is 0 Å². The number of amides is 3. The van der Waals surface area contributed by atoms with Crippen LogP contribution in [0.4, 0.5) is 4.79 Å². The van der Waals surface area contributed by atoms with Gasteiger partial charge in [0.05, 0.1) is 0 Å². The smallest absolute Gasteiger partial charge is 0.319 e. The fraction of sp³-hybridized carbons (Fsp3) is 0.875. The summed E-state index contributed by atoms with van der Waals surface area (Å²) >= 11 is 0. The van der Waals surface area contributed by atoms with Crippen LogP contribution in [0.1, 0.15) is 46.0 Å². The van der Waals surface area contributed by atoms with Gasteiger partial charge in [-0.25, -0.2) is 4.79 Å². The van der Waals surface area contributed by atoms with E-state index in [2.05, 4.69) is 19.2 Å². The summed E-state index contributed by atoms with van der Waals surface area (Å²) in [4.78, 5) is 27.7. The molecule has 0 aromatic heterocycles. The normalized spacial score (nSPS) is 25.7. The van der Waals surface area contributed by atoms with Gasteiger partial charge in [0.2, 0.25) is 5.91 Å². The number of likely N-dealkylation sites (tertiary alicyclic amines) is 1. The summed E-state index contributed by atoms with van der Waals surface area (Å²) < 4.78 is 0. The lowest BCUT2D eigenvalue weighted by Gasteiger charge is -2.33. The minimum atomic E-state index is 0.0476. The molecule has 0 spiro atoms. The van der Waals surface area contributed by atoms with Gasteiger partial charge in [0.25, 0.3) is 0 Å². The fourth-order valence-corrected chi connectivity index (χ4v) is 3.49. The topological polar surface area (TPSA) is 52.7 Å². The molecule has 3 amide bonds. The van der Waals surface area contributed by atoms with Crippen LogP contribution < -0.4 is 5.32 Å². The van der Waals surface area contributed by atoms with Crippen LogP contribution in [0.15, 0.2) is 0 Å². The molecule has 1 aliphatic carbocycles. The lowest BCUT2D eigenvalue weighted by Crippen LogP contribution is -2.47. The maximum Gasteiger partial charge on any atom is 0.319 e. The van der Waals surface area contributed by atoms with Gasteiger partial charge < -0.3 is 15.1 Å². The Bertz CT molecular complexity index is 398. The second kappa shape index (κ2) is 6.24. The van der Waals surface area contributed by atoms with E-state index in [1.54, 1.807) is 19.0 Å². The molecule has 0 radical (unpaired) electrons. The summed E-state index contributed by atoms with van der Waals surface area (Å²) in [5.74, 6) is 0.259. The van der Waals surface area contributed by atoms with Gasteiger partial charge in [-0.2, -0.15) is 0 Å². The molecule has 1 saturated heterocycles. The summed E-state index contributed by atoms with van der Waals surface area (Å²) in [6.07, 6.45) is 4.92. The van der Waals surface area contributed by atoms with Gasteiger partial charge in [-0.05, 0) is 37.5 Å². The van der Waals surface area contributed by atoms with Crippen LogP contribution in [0.25, 0.3) is 0 Å². The van der Waals surface area contributed by atoms with Crippen molar-refractivity contribution in [3.8, 4) is 0 Å². The Morgan fingerprint density at radius 2 is 1.76 bits per heavy atom. The molecule has 1 unspecified atom stereocenters. The van der Waals surface area contributed by atoms with Crippen molar-refractivity contribution in [2.75, 3.05) is 27.2 Å². The number of nitrogens with zero attached hydrogens (tertiary/aromatic N) is 2. The van der Waals surface area contributed by atoms with Crippen molar-refractivity contribution in [1.82, 2.24) is 15.1 Å². The minimum Gasteiger partial charge on any atom is -0.353 e. The van der Waals surface area contributed by atoms with E-state index < -0.39 is 0 Å². The largest absolute Gasteiger partial charge is 0.353 e. The number of urea groups is 1. The molecule has 1 N–H and O–H groups in total. The molecular formula is C16H29N3O2. The van der Waals surface area contributed by atoms with Crippen LogP contribution in [0.2, 0.25) is 0 Å². The Kier molecular flexibility index (Phi) is 4.79. The minimum absolute atomic E-state index is 0.0476. The molecule has 5 heteroatoms. The van der Waals surface area contributed by atoms with E-state index in [1.165, 1.54) is 6.42 Å². The Morgan fingerprint density at radius 3 is 2.24 bits per heavy atom. The predicted octanol–water partition coefficient (Wildman–Crippen LogP) is 2.07. The third kappa shape index (κ3) is 4.11. The van der Waals surface area contributed by atoms with Gasteiger partial charge in [-0.1, -0.05) is 13.8 Å². The zero-order valence-electron chi connectivity index (χ0n) is 13.8. The van der Waals surface area contributed by atoms with E-state index >= 15 is 0 Å². The molecule has 5 nitrogen and oxygen atoms in total. The molecule has 0 aromatic rings. The highest BCUT2D eigenvalue weighted by atomic mass is 16.2. The van der Waals surface area contributed by atoms with Crippen molar-refractivity contribution in [2.24, 2.45) is 11.3 Å². The number of rotatable bonds is 2. The second-order valence-electron chi connectivity index (χ2n) is 7.55. The molecule has 1 atom stereocenters. The number of piperidine rings is 1. The first kappa shape index (κ1) is 16.1. The molecule has 2 aliphatic rings. The Balaban J connectivity index is 1.77. The van der Waals surface area contributed by atoms with Gasteiger partial charge in [0, 0.05) is 39.1 Å². The molecule has 1 saturated carbocycles. The summed E-state index contributed by atoms with van der Waals surface area (Å²) in [7, 11) is 3.53. The summed E-state index contributed by atoms with van der Waals surface area (Å²) in [5, 5.41) is 3.22. The molecule has 2 fully saturated rings. The van der Waals surface area contributed by atoms with E-state index in [0.717, 1.165) is 25.7 Å². The van der Waals surface area contributed by atoms with Crippen molar-refractivity contribution < 1.29 is 9.59 Å². The first-order valence-electron chi connectivity index (χ1n) is 8.05. The summed E-state index contributed by atoms with van der Waals surface area (Å²) in [6.45, 7) is 5.91. The SMILES string of the molecule is CN(C)C(=O)N1CCC(C(=O)NC2CCC(C)(C)C2)CC1. The van der Waals surface area contributed by atoms with Crippen LogP contribution in [-0.4, -0.2) is 55.0 Å². The van der Waals surface area contributed by atoms with Crippen molar-refractivity contribution in [3.05, 3.63) is 0 Å². The van der Waals surface area contributed by atoms with Crippen molar-refractivity contribution in [1.29, 1.82) is 0 Å². The van der Waals surface area contributed by atoms with Crippen LogP contribution >= 0.6 is 0 Å². The molecule has 1 aliphatic heterocycles. The average Bonchev–Trinajstić information content (AvgIpc) is 2.77. The number of hydrogen-bond acceptors (Lipinski definition) is 2. The van der Waals surface area contributed by atoms with E-state index in [4.69, 9.17) is 0 Å². The maximum absolute atomic E-state index is 12.4. The number of nitrogens with one attached hydrogen (secondary N) is 1. The number of hydrogen-bond donors (Lipinski definition) is 1. The molecule has 0 bridgehead atoms. The van der Waals surface area contributed by atoms with Crippen LogP contribution in [0.5, 0.6) is 0 Å². The van der Waals surface area contributed by atoms with E-state index in [1.807, 2.05) is 4.90 Å². The molecular weight excluding hydrogens is 266 g/mol. The Labute approximate surface area is 128 Å². The van der Waals surface area contributed by atoms with Crippen LogP contribution in [0.3, 0.4) is 0 Å². The molecule has 120 valence electrons. The predicted molar refractivity (Wildman–Crippen MR) is 82.9 cm³/mol. The standard InChI is InChI=1S/C16H29N3O2/c1-16(2)8-5-13(11-16)17-14(20)12-6-9-19(10-7-12)15(21)18(3)4/h12-13H,5-11H2,1-4H3,(H,17,20).